The van der Waals surface area contributed by atoms with Crippen molar-refractivity contribution in [3.8, 4) is 0 Å². The van der Waals surface area contributed by atoms with Gasteiger partial charge in [0.05, 0.1) is 5.54 Å². The van der Waals surface area contributed by atoms with E-state index in [2.05, 4.69) is 5.32 Å². The molecule has 84 valence electrons. The Kier molecular flexibility index (Phi) is 2.50. The summed E-state index contributed by atoms with van der Waals surface area (Å²) in [7, 11) is 0. The van der Waals surface area contributed by atoms with E-state index in [9.17, 15) is 14.0 Å². The van der Waals surface area contributed by atoms with Crippen molar-refractivity contribution in [1.29, 1.82) is 0 Å². The molecule has 0 radical (unpaired) electrons. The van der Waals surface area contributed by atoms with E-state index in [1.165, 1.54) is 19.1 Å². The van der Waals surface area contributed by atoms with Crippen LogP contribution in [-0.4, -0.2) is 11.7 Å². The van der Waals surface area contributed by atoms with Crippen molar-refractivity contribution in [1.82, 2.24) is 5.32 Å². The molecule has 0 unspecified atom stereocenters. The van der Waals surface area contributed by atoms with Gasteiger partial charge < -0.3 is 5.32 Å². The van der Waals surface area contributed by atoms with Gasteiger partial charge in [0.15, 0.2) is 0 Å². The van der Waals surface area contributed by atoms with E-state index in [0.717, 1.165) is 18.4 Å². The molecule has 1 aromatic rings. The Morgan fingerprint density at radius 2 is 1.81 bits per heavy atom. The van der Waals surface area contributed by atoms with Crippen molar-refractivity contribution in [3.05, 3.63) is 35.6 Å². The van der Waals surface area contributed by atoms with Crippen LogP contribution in [0.15, 0.2) is 24.3 Å². The van der Waals surface area contributed by atoms with Gasteiger partial charge in [0.2, 0.25) is 5.78 Å². The van der Waals surface area contributed by atoms with Crippen LogP contribution < -0.4 is 5.32 Å². The summed E-state index contributed by atoms with van der Waals surface area (Å²) in [5.41, 5.74) is 0.403. The molecule has 0 atom stereocenters. The molecule has 0 aromatic heterocycles. The van der Waals surface area contributed by atoms with Gasteiger partial charge in [-0.15, -0.1) is 0 Å². The maximum atomic E-state index is 12.7. The number of benzene rings is 1. The SMILES string of the molecule is CC(=O)C(=O)NC1(c2ccc(F)cc2)CC1. The van der Waals surface area contributed by atoms with Crippen LogP contribution in [0.1, 0.15) is 25.3 Å². The molecule has 1 N–H and O–H groups in total. The third-order valence-electron chi connectivity index (χ3n) is 2.82. The van der Waals surface area contributed by atoms with Gasteiger partial charge in [0.25, 0.3) is 5.91 Å². The summed E-state index contributed by atoms with van der Waals surface area (Å²) < 4.78 is 12.7. The minimum atomic E-state index is -0.582. The highest BCUT2D eigenvalue weighted by atomic mass is 19.1. The van der Waals surface area contributed by atoms with Crippen LogP contribution in [-0.2, 0) is 15.1 Å². The van der Waals surface area contributed by atoms with Gasteiger partial charge in [-0.2, -0.15) is 0 Å². The van der Waals surface area contributed by atoms with Gasteiger partial charge in [-0.3, -0.25) is 9.59 Å². The van der Waals surface area contributed by atoms with Crippen molar-refractivity contribution < 1.29 is 14.0 Å². The largest absolute Gasteiger partial charge is 0.340 e. The topological polar surface area (TPSA) is 46.2 Å². The third-order valence-corrected chi connectivity index (χ3v) is 2.82. The fourth-order valence-corrected chi connectivity index (χ4v) is 1.69. The first kappa shape index (κ1) is 10.8. The number of carbonyl (C=O) groups is 2. The summed E-state index contributed by atoms with van der Waals surface area (Å²) in [5.74, 6) is -1.40. The van der Waals surface area contributed by atoms with Crippen LogP contribution in [0.5, 0.6) is 0 Å². The van der Waals surface area contributed by atoms with E-state index >= 15 is 0 Å². The fraction of sp³-hybridized carbons (Fsp3) is 0.333. The number of hydrogen-bond acceptors (Lipinski definition) is 2. The van der Waals surface area contributed by atoms with E-state index < -0.39 is 17.2 Å². The first-order valence-corrected chi connectivity index (χ1v) is 5.13. The second-order valence-electron chi connectivity index (χ2n) is 4.10. The summed E-state index contributed by atoms with van der Waals surface area (Å²) in [6.07, 6.45) is 1.58. The summed E-state index contributed by atoms with van der Waals surface area (Å²) >= 11 is 0. The summed E-state index contributed by atoms with van der Waals surface area (Å²) in [4.78, 5) is 22.2. The first-order chi connectivity index (χ1) is 7.53. The number of ketones is 1. The van der Waals surface area contributed by atoms with Crippen molar-refractivity contribution >= 4 is 11.7 Å². The second kappa shape index (κ2) is 3.70. The predicted octanol–water partition coefficient (Wildman–Crippen LogP) is 1.52. The molecule has 0 bridgehead atoms. The zero-order valence-corrected chi connectivity index (χ0v) is 8.92. The maximum Gasteiger partial charge on any atom is 0.287 e. The molecule has 1 amide bonds. The normalized spacial score (nSPS) is 16.6. The van der Waals surface area contributed by atoms with Gasteiger partial charge in [0, 0.05) is 6.92 Å². The molecule has 0 heterocycles. The van der Waals surface area contributed by atoms with Crippen LogP contribution in [0.2, 0.25) is 0 Å². The Balaban J connectivity index is 2.17. The molecule has 1 saturated carbocycles. The van der Waals surface area contributed by atoms with Crippen LogP contribution >= 0.6 is 0 Å². The zero-order valence-electron chi connectivity index (χ0n) is 8.92. The lowest BCUT2D eigenvalue weighted by Gasteiger charge is -2.16. The maximum absolute atomic E-state index is 12.7. The molecule has 2 rings (SSSR count). The summed E-state index contributed by atoms with van der Waals surface area (Å²) in [5, 5.41) is 2.69. The van der Waals surface area contributed by atoms with E-state index in [4.69, 9.17) is 0 Å². The van der Waals surface area contributed by atoms with Crippen molar-refractivity contribution in [2.75, 3.05) is 0 Å². The van der Waals surface area contributed by atoms with Gasteiger partial charge in [0.1, 0.15) is 5.82 Å². The molecule has 0 aliphatic heterocycles. The van der Waals surface area contributed by atoms with Crippen LogP contribution in [0.25, 0.3) is 0 Å². The molecule has 1 fully saturated rings. The molecule has 0 spiro atoms. The van der Waals surface area contributed by atoms with Gasteiger partial charge in [-0.25, -0.2) is 4.39 Å². The summed E-state index contributed by atoms with van der Waals surface area (Å²) in [6.45, 7) is 1.23. The number of nitrogens with one attached hydrogen (secondary N) is 1. The molecular formula is C12H12FNO2. The predicted molar refractivity (Wildman–Crippen MR) is 56.1 cm³/mol. The number of hydrogen-bond donors (Lipinski definition) is 1. The second-order valence-corrected chi connectivity index (χ2v) is 4.10. The quantitative estimate of drug-likeness (QED) is 0.786. The lowest BCUT2D eigenvalue weighted by Crippen LogP contribution is -2.38. The Bertz CT molecular complexity index is 435. The standard InChI is InChI=1S/C12H12FNO2/c1-8(15)11(16)14-12(6-7-12)9-2-4-10(13)5-3-9/h2-5H,6-7H2,1H3,(H,14,16). The van der Waals surface area contributed by atoms with Crippen LogP contribution in [0, 0.1) is 5.82 Å². The lowest BCUT2D eigenvalue weighted by atomic mass is 10.0. The average molecular weight is 221 g/mol. The van der Waals surface area contributed by atoms with Crippen LogP contribution in [0.4, 0.5) is 4.39 Å². The number of amides is 1. The smallest absolute Gasteiger partial charge is 0.287 e. The molecule has 1 aliphatic carbocycles. The van der Waals surface area contributed by atoms with Gasteiger partial charge in [-0.1, -0.05) is 12.1 Å². The number of carbonyl (C=O) groups excluding carboxylic acids is 2. The van der Waals surface area contributed by atoms with Crippen molar-refractivity contribution in [2.45, 2.75) is 25.3 Å². The average Bonchev–Trinajstić information content (AvgIpc) is 2.99. The minimum absolute atomic E-state index is 0.308. The minimum Gasteiger partial charge on any atom is -0.340 e. The van der Waals surface area contributed by atoms with Crippen LogP contribution in [0.3, 0.4) is 0 Å². The highest BCUT2D eigenvalue weighted by Gasteiger charge is 2.46. The highest BCUT2D eigenvalue weighted by molar-refractivity contribution is 6.35. The molecule has 16 heavy (non-hydrogen) atoms. The zero-order chi connectivity index (χ0) is 11.8. The molecule has 3 nitrogen and oxygen atoms in total. The van der Waals surface area contributed by atoms with E-state index in [0.29, 0.717) is 0 Å². The monoisotopic (exact) mass is 221 g/mol. The molecule has 0 saturated heterocycles. The van der Waals surface area contributed by atoms with E-state index in [1.54, 1.807) is 12.1 Å². The Morgan fingerprint density at radius 3 is 2.25 bits per heavy atom. The molecule has 1 aliphatic rings. The van der Waals surface area contributed by atoms with E-state index in [1.807, 2.05) is 0 Å². The van der Waals surface area contributed by atoms with Crippen molar-refractivity contribution in [2.24, 2.45) is 0 Å². The Morgan fingerprint density at radius 1 is 1.25 bits per heavy atom. The fourth-order valence-electron chi connectivity index (χ4n) is 1.69. The number of rotatable bonds is 3. The summed E-state index contributed by atoms with van der Waals surface area (Å²) in [6, 6.07) is 6.00. The number of halogens is 1. The van der Waals surface area contributed by atoms with Gasteiger partial charge in [-0.05, 0) is 30.5 Å². The molecular weight excluding hydrogens is 209 g/mol. The first-order valence-electron chi connectivity index (χ1n) is 5.13. The highest BCUT2D eigenvalue weighted by Crippen LogP contribution is 2.45. The van der Waals surface area contributed by atoms with Crippen molar-refractivity contribution in [3.63, 3.8) is 0 Å². The van der Waals surface area contributed by atoms with E-state index in [-0.39, 0.29) is 5.82 Å². The van der Waals surface area contributed by atoms with Gasteiger partial charge >= 0.3 is 0 Å². The molecule has 4 heteroatoms. The lowest BCUT2D eigenvalue weighted by molar-refractivity contribution is -0.137. The third kappa shape index (κ3) is 1.96. The Labute approximate surface area is 92.7 Å². The Hall–Kier alpha value is -1.71. The number of Topliss-reactive ketones (excluding diaryl/α,β-unsaturated/α-hetero) is 1. The molecule has 1 aromatic carbocycles.